The summed E-state index contributed by atoms with van der Waals surface area (Å²) in [6, 6.07) is -0.730. The molecule has 0 N–H and O–H groups in total. The Kier molecular flexibility index (Phi) is 45.9. The van der Waals surface area contributed by atoms with Gasteiger partial charge in [-0.2, -0.15) is 0 Å². The van der Waals surface area contributed by atoms with Crippen molar-refractivity contribution in [2.24, 2.45) is 0 Å². The van der Waals surface area contributed by atoms with Crippen molar-refractivity contribution in [2.45, 2.75) is 238 Å². The fourth-order valence-electron chi connectivity index (χ4n) is 7.70. The third-order valence-corrected chi connectivity index (χ3v) is 11.9. The van der Waals surface area contributed by atoms with Crippen molar-refractivity contribution in [3.63, 3.8) is 0 Å². The molecule has 66 heavy (non-hydrogen) atoms. The molecule has 8 nitrogen and oxygen atoms in total. The Bertz CT molecular complexity index is 1310. The number of carboxylic acids is 1. The predicted octanol–water partition coefficient (Wildman–Crippen LogP) is 14.5. The summed E-state index contributed by atoms with van der Waals surface area (Å²) in [4.78, 5) is 37.1. The van der Waals surface area contributed by atoms with Crippen LogP contribution in [0.3, 0.4) is 0 Å². The summed E-state index contributed by atoms with van der Waals surface area (Å²) in [5.74, 6) is -1.74. The number of quaternary nitrogens is 1. The maximum atomic E-state index is 12.8. The number of carboxylic acid groups (broad SMARTS) is 1. The summed E-state index contributed by atoms with van der Waals surface area (Å²) in [6.45, 7) is 4.53. The van der Waals surface area contributed by atoms with E-state index in [4.69, 9.17) is 14.2 Å². The first-order valence-corrected chi connectivity index (χ1v) is 27.0. The van der Waals surface area contributed by atoms with Gasteiger partial charge >= 0.3 is 11.9 Å². The largest absolute Gasteiger partial charge is 0.544 e. The third kappa shape index (κ3) is 45.9. The van der Waals surface area contributed by atoms with Crippen molar-refractivity contribution in [3.05, 3.63) is 72.9 Å². The molecule has 2 atom stereocenters. The molecule has 0 saturated carbocycles. The average molecular weight is 924 g/mol. The normalized spacial score (nSPS) is 13.4. The van der Waals surface area contributed by atoms with E-state index in [1.807, 2.05) is 0 Å². The van der Waals surface area contributed by atoms with Crippen LogP contribution in [0.5, 0.6) is 0 Å². The third-order valence-electron chi connectivity index (χ3n) is 11.9. The van der Waals surface area contributed by atoms with Gasteiger partial charge in [0.15, 0.2) is 6.10 Å². The lowest BCUT2D eigenvalue weighted by molar-refractivity contribution is -0.889. The number of unbranched alkanes of at least 4 members (excludes halogenated alkanes) is 23. The number of carbonyl (C=O) groups is 3. The molecule has 8 heteroatoms. The maximum absolute atomic E-state index is 12.8. The van der Waals surface area contributed by atoms with Gasteiger partial charge in [0.05, 0.1) is 40.3 Å². The minimum atomic E-state index is -1.13. The first-order chi connectivity index (χ1) is 32.1. The first-order valence-electron chi connectivity index (χ1n) is 27.0. The summed E-state index contributed by atoms with van der Waals surface area (Å²) >= 11 is 0. The number of hydrogen-bond acceptors (Lipinski definition) is 7. The van der Waals surface area contributed by atoms with Gasteiger partial charge in [-0.15, -0.1) is 0 Å². The molecule has 0 aromatic carbocycles. The molecule has 2 unspecified atom stereocenters. The summed E-state index contributed by atoms with van der Waals surface area (Å²) in [6.07, 6.45) is 62.1. The van der Waals surface area contributed by atoms with Crippen LogP contribution in [0.2, 0.25) is 0 Å². The van der Waals surface area contributed by atoms with Crippen molar-refractivity contribution in [2.75, 3.05) is 41.0 Å². The summed E-state index contributed by atoms with van der Waals surface area (Å²) in [5.41, 5.74) is 0. The van der Waals surface area contributed by atoms with Gasteiger partial charge in [-0.1, -0.05) is 202 Å². The van der Waals surface area contributed by atoms with Crippen LogP contribution in [-0.2, 0) is 28.6 Å². The minimum Gasteiger partial charge on any atom is -0.544 e. The van der Waals surface area contributed by atoms with E-state index in [0.717, 1.165) is 64.2 Å². The van der Waals surface area contributed by atoms with Gasteiger partial charge in [0.2, 0.25) is 0 Å². The number of rotatable bonds is 48. The number of nitrogens with zero attached hydrogens (tertiary/aromatic N) is 1. The van der Waals surface area contributed by atoms with Crippen LogP contribution in [0.25, 0.3) is 0 Å². The van der Waals surface area contributed by atoms with Crippen LogP contribution in [0, 0.1) is 0 Å². The molecule has 0 aliphatic rings. The topological polar surface area (TPSA) is 102 Å². The van der Waals surface area contributed by atoms with Crippen LogP contribution >= 0.6 is 0 Å². The lowest BCUT2D eigenvalue weighted by Crippen LogP contribution is -2.55. The van der Waals surface area contributed by atoms with E-state index >= 15 is 0 Å². The highest BCUT2D eigenvalue weighted by Crippen LogP contribution is 2.15. The Labute approximate surface area is 406 Å². The van der Waals surface area contributed by atoms with Gasteiger partial charge in [-0.05, 0) is 77.0 Å². The molecule has 0 saturated heterocycles. The molecule has 0 rings (SSSR count). The van der Waals surface area contributed by atoms with Gasteiger partial charge < -0.3 is 28.6 Å². The Morgan fingerprint density at radius 3 is 1.35 bits per heavy atom. The second-order valence-corrected chi connectivity index (χ2v) is 19.1. The molecule has 0 aliphatic heterocycles. The van der Waals surface area contributed by atoms with Crippen molar-refractivity contribution in [1.82, 2.24) is 0 Å². The first kappa shape index (κ1) is 62.8. The molecular weight excluding hydrogens is 823 g/mol. The summed E-state index contributed by atoms with van der Waals surface area (Å²) in [7, 11) is 5.42. The lowest BCUT2D eigenvalue weighted by atomic mass is 10.0. The van der Waals surface area contributed by atoms with Crippen LogP contribution < -0.4 is 5.11 Å². The number of aliphatic carboxylic acids is 1. The Hall–Kier alpha value is -3.23. The van der Waals surface area contributed by atoms with Crippen molar-refractivity contribution in [1.29, 1.82) is 0 Å². The van der Waals surface area contributed by atoms with E-state index in [-0.39, 0.29) is 42.7 Å². The van der Waals surface area contributed by atoms with E-state index in [1.54, 1.807) is 21.1 Å². The van der Waals surface area contributed by atoms with Gasteiger partial charge in [-0.3, -0.25) is 9.59 Å². The molecule has 0 aromatic rings. The molecule has 0 amide bonds. The van der Waals surface area contributed by atoms with E-state index in [2.05, 4.69) is 86.8 Å². The molecule has 0 radical (unpaired) electrons. The Morgan fingerprint density at radius 1 is 0.485 bits per heavy atom. The molecule has 0 aliphatic carbocycles. The summed E-state index contributed by atoms with van der Waals surface area (Å²) < 4.78 is 17.3. The van der Waals surface area contributed by atoms with Crippen LogP contribution in [-0.4, -0.2) is 75.5 Å². The number of esters is 2. The minimum absolute atomic E-state index is 0.0362. The maximum Gasteiger partial charge on any atom is 0.306 e. The smallest absolute Gasteiger partial charge is 0.306 e. The monoisotopic (exact) mass is 924 g/mol. The standard InChI is InChI=1S/C58H101NO7/c1-6-8-10-12-14-16-18-20-22-24-26-27-28-29-31-32-34-36-38-40-42-44-46-48-56(60)65-53-54(52-64-51-50-55(58(62)63)59(3,4)5)66-57(61)49-47-45-43-41-39-37-35-33-30-25-23-21-19-17-15-13-11-9-7-2/h8,10,14-17,19-22,26-27,54-55H,6-7,9,11-13,18,23-25,28-53H2,1-5H3/b10-8+,16-14+,17-15+,21-19+,22-20+,27-26+. The van der Waals surface area contributed by atoms with E-state index < -0.39 is 18.1 Å². The zero-order valence-electron chi connectivity index (χ0n) is 43.3. The molecule has 0 aromatic heterocycles. The quantitative estimate of drug-likeness (QED) is 0.0197. The lowest BCUT2D eigenvalue weighted by Gasteiger charge is -2.34. The Balaban J connectivity index is 4.22. The average Bonchev–Trinajstić information content (AvgIpc) is 3.28. The van der Waals surface area contributed by atoms with Crippen LogP contribution in [0.1, 0.15) is 226 Å². The van der Waals surface area contributed by atoms with Gasteiger partial charge in [0.1, 0.15) is 12.6 Å². The van der Waals surface area contributed by atoms with E-state index in [9.17, 15) is 19.5 Å². The zero-order chi connectivity index (χ0) is 48.4. The summed E-state index contributed by atoms with van der Waals surface area (Å²) in [5, 5.41) is 11.7. The highest BCUT2D eigenvalue weighted by molar-refractivity contribution is 5.70. The van der Waals surface area contributed by atoms with Crippen molar-refractivity contribution >= 4 is 17.9 Å². The number of hydrogen-bond donors (Lipinski definition) is 0. The molecule has 0 bridgehead atoms. The Morgan fingerprint density at radius 2 is 0.894 bits per heavy atom. The molecule has 380 valence electrons. The molecule has 0 heterocycles. The number of likely N-dealkylation sites (N-methyl/N-ethyl adjacent to an activating group) is 1. The van der Waals surface area contributed by atoms with Crippen LogP contribution in [0.4, 0.5) is 0 Å². The van der Waals surface area contributed by atoms with Gasteiger partial charge in [0.25, 0.3) is 0 Å². The zero-order valence-corrected chi connectivity index (χ0v) is 43.3. The fraction of sp³-hybridized carbons (Fsp3) is 0.741. The second-order valence-electron chi connectivity index (χ2n) is 19.1. The molecule has 0 fully saturated rings. The van der Waals surface area contributed by atoms with Gasteiger partial charge in [-0.25, -0.2) is 0 Å². The van der Waals surface area contributed by atoms with E-state index in [1.165, 1.54) is 128 Å². The molecular formula is C58H101NO7. The van der Waals surface area contributed by atoms with Crippen LogP contribution in [0.15, 0.2) is 72.9 Å². The number of carbonyl (C=O) groups excluding carboxylic acids is 3. The van der Waals surface area contributed by atoms with E-state index in [0.29, 0.717) is 12.8 Å². The highest BCUT2D eigenvalue weighted by Gasteiger charge is 2.25. The van der Waals surface area contributed by atoms with Crippen molar-refractivity contribution in [3.8, 4) is 0 Å². The van der Waals surface area contributed by atoms with Crippen molar-refractivity contribution < 1.29 is 38.2 Å². The molecule has 0 spiro atoms. The highest BCUT2D eigenvalue weighted by atomic mass is 16.6. The number of allylic oxidation sites excluding steroid dienone is 12. The fourth-order valence-corrected chi connectivity index (χ4v) is 7.70. The second kappa shape index (κ2) is 48.2. The number of ether oxygens (including phenoxy) is 3. The van der Waals surface area contributed by atoms with Gasteiger partial charge in [0, 0.05) is 19.3 Å². The SMILES string of the molecule is CC/C=C/C/C=C/C/C=C/C/C=C/CCCCCCCCCCCCC(=O)OCC(COCCC(C(=O)[O-])[N+](C)(C)C)OC(=O)CCCCCCCCCCCC/C=C/C=C/CCCCC. The predicted molar refractivity (Wildman–Crippen MR) is 277 cm³/mol.